The molecule has 0 N–H and O–H groups in total. The monoisotopic (exact) mass is 243 g/mol. The van der Waals surface area contributed by atoms with Gasteiger partial charge in [-0.05, 0) is 31.4 Å². The van der Waals surface area contributed by atoms with E-state index in [0.717, 1.165) is 36.3 Å². The Bertz CT molecular complexity index is 607. The first kappa shape index (κ1) is 11.3. The number of carbonyl (C=O) groups excluding carboxylic acids is 1. The van der Waals surface area contributed by atoms with E-state index >= 15 is 0 Å². The summed E-state index contributed by atoms with van der Waals surface area (Å²) in [6.45, 7) is 2.77. The first-order valence-electron chi connectivity index (χ1n) is 6.35. The number of carbonyl (C=O) groups is 1. The summed E-state index contributed by atoms with van der Waals surface area (Å²) in [6.07, 6.45) is 6.80. The van der Waals surface area contributed by atoms with E-state index in [9.17, 15) is 4.79 Å². The van der Waals surface area contributed by atoms with Crippen molar-refractivity contribution in [2.75, 3.05) is 0 Å². The van der Waals surface area contributed by atoms with Gasteiger partial charge in [-0.25, -0.2) is 0 Å². The fraction of sp³-hybridized carbons (Fsp3) is 0.429. The lowest BCUT2D eigenvalue weighted by molar-refractivity contribution is 0.0973. The maximum atomic E-state index is 11.8. The van der Waals surface area contributed by atoms with Crippen LogP contribution in [-0.2, 0) is 20.0 Å². The van der Waals surface area contributed by atoms with Crippen molar-refractivity contribution in [1.82, 2.24) is 14.3 Å². The van der Waals surface area contributed by atoms with Gasteiger partial charge in [-0.1, -0.05) is 0 Å². The van der Waals surface area contributed by atoms with Crippen molar-refractivity contribution in [3.63, 3.8) is 0 Å². The van der Waals surface area contributed by atoms with E-state index in [2.05, 4.69) is 21.9 Å². The Kier molecular flexibility index (Phi) is 2.58. The van der Waals surface area contributed by atoms with Crippen molar-refractivity contribution in [2.45, 2.75) is 32.7 Å². The summed E-state index contributed by atoms with van der Waals surface area (Å²) >= 11 is 0. The summed E-state index contributed by atoms with van der Waals surface area (Å²) < 4.78 is 4.00. The fourth-order valence-corrected chi connectivity index (χ4v) is 2.67. The number of hydrogen-bond donors (Lipinski definition) is 0. The molecular weight excluding hydrogens is 226 g/mol. The van der Waals surface area contributed by atoms with E-state index < -0.39 is 0 Å². The summed E-state index contributed by atoms with van der Waals surface area (Å²) in [6, 6.07) is 2.08. The van der Waals surface area contributed by atoms with Crippen molar-refractivity contribution in [3.8, 4) is 0 Å². The number of nitrogens with zero attached hydrogens (tertiary/aromatic N) is 3. The van der Waals surface area contributed by atoms with Gasteiger partial charge in [-0.2, -0.15) is 5.10 Å². The van der Waals surface area contributed by atoms with Gasteiger partial charge in [-0.3, -0.25) is 9.48 Å². The third kappa shape index (κ3) is 1.88. The highest BCUT2D eigenvalue weighted by Crippen LogP contribution is 2.22. The lowest BCUT2D eigenvalue weighted by Crippen LogP contribution is -2.07. The molecule has 0 atom stereocenters. The minimum atomic E-state index is 0.288. The summed E-state index contributed by atoms with van der Waals surface area (Å²) in [7, 11) is 1.96. The van der Waals surface area contributed by atoms with E-state index in [0.29, 0.717) is 6.42 Å². The van der Waals surface area contributed by atoms with E-state index in [1.165, 1.54) is 5.56 Å². The van der Waals surface area contributed by atoms with E-state index in [4.69, 9.17) is 0 Å². The molecule has 0 unspecified atom stereocenters. The Balaban J connectivity index is 1.90. The summed E-state index contributed by atoms with van der Waals surface area (Å²) in [4.78, 5) is 11.8. The number of rotatable bonds is 2. The zero-order valence-electron chi connectivity index (χ0n) is 10.8. The standard InChI is InChI=1S/C14H17N3O/c1-10-6-12(16(2)15-10)8-17-7-11-4-3-5-14(18)13(11)9-17/h6-7,9H,3-5,8H2,1-2H3. The molecule has 0 aliphatic heterocycles. The van der Waals surface area contributed by atoms with Crippen LogP contribution in [0.3, 0.4) is 0 Å². The van der Waals surface area contributed by atoms with Gasteiger partial charge in [0, 0.05) is 31.4 Å². The lowest BCUT2D eigenvalue weighted by Gasteiger charge is -2.07. The number of fused-ring (bicyclic) bond motifs is 1. The molecule has 2 heterocycles. The number of ketones is 1. The highest BCUT2D eigenvalue weighted by atomic mass is 16.1. The molecule has 94 valence electrons. The molecule has 0 bridgehead atoms. The molecule has 18 heavy (non-hydrogen) atoms. The number of hydrogen-bond acceptors (Lipinski definition) is 2. The van der Waals surface area contributed by atoms with Crippen molar-refractivity contribution < 1.29 is 4.79 Å². The lowest BCUT2D eigenvalue weighted by atomic mass is 9.95. The Morgan fingerprint density at radius 2 is 2.17 bits per heavy atom. The van der Waals surface area contributed by atoms with E-state index in [1.54, 1.807) is 0 Å². The molecule has 0 aromatic carbocycles. The Morgan fingerprint density at radius 1 is 1.33 bits per heavy atom. The molecule has 0 fully saturated rings. The second kappa shape index (κ2) is 4.12. The first-order valence-corrected chi connectivity index (χ1v) is 6.35. The number of aromatic nitrogens is 3. The topological polar surface area (TPSA) is 39.8 Å². The number of Topliss-reactive ketones (excluding diaryl/α,β-unsaturated/α-hetero) is 1. The zero-order valence-corrected chi connectivity index (χ0v) is 10.8. The van der Waals surface area contributed by atoms with Gasteiger partial charge < -0.3 is 4.57 Å². The van der Waals surface area contributed by atoms with Gasteiger partial charge in [0.25, 0.3) is 0 Å². The molecule has 4 heteroatoms. The highest BCUT2D eigenvalue weighted by Gasteiger charge is 2.19. The predicted octanol–water partition coefficient (Wildman–Crippen LogP) is 2.10. The molecule has 3 rings (SSSR count). The smallest absolute Gasteiger partial charge is 0.164 e. The molecule has 0 spiro atoms. The summed E-state index contributed by atoms with van der Waals surface area (Å²) in [5, 5.41) is 4.34. The molecule has 0 amide bonds. The molecule has 1 aliphatic carbocycles. The molecule has 2 aromatic rings. The normalized spacial score (nSPS) is 14.9. The molecule has 2 aromatic heterocycles. The largest absolute Gasteiger partial charge is 0.347 e. The molecular formula is C14H17N3O. The van der Waals surface area contributed by atoms with E-state index in [-0.39, 0.29) is 5.78 Å². The van der Waals surface area contributed by atoms with Crippen LogP contribution in [0.1, 0.15) is 40.2 Å². The maximum Gasteiger partial charge on any atom is 0.164 e. The second-order valence-electron chi connectivity index (χ2n) is 5.05. The Hall–Kier alpha value is -1.84. The van der Waals surface area contributed by atoms with E-state index in [1.807, 2.05) is 24.9 Å². The Morgan fingerprint density at radius 3 is 2.83 bits per heavy atom. The van der Waals surface area contributed by atoms with Crippen molar-refractivity contribution in [1.29, 1.82) is 0 Å². The molecule has 0 saturated carbocycles. The third-order valence-corrected chi connectivity index (χ3v) is 3.56. The van der Waals surface area contributed by atoms with Crippen molar-refractivity contribution >= 4 is 5.78 Å². The quantitative estimate of drug-likeness (QED) is 0.810. The van der Waals surface area contributed by atoms with Gasteiger partial charge in [0.1, 0.15) is 0 Å². The molecule has 0 saturated heterocycles. The van der Waals surface area contributed by atoms with Crippen LogP contribution in [0.15, 0.2) is 18.5 Å². The minimum Gasteiger partial charge on any atom is -0.347 e. The summed E-state index contributed by atoms with van der Waals surface area (Å²) in [5.74, 6) is 0.288. The predicted molar refractivity (Wildman–Crippen MR) is 68.7 cm³/mol. The van der Waals surface area contributed by atoms with Crippen molar-refractivity contribution in [3.05, 3.63) is 41.0 Å². The SMILES string of the molecule is Cc1cc(Cn2cc3c(c2)C(=O)CCC3)n(C)n1. The average molecular weight is 243 g/mol. The van der Waals surface area contributed by atoms with Crippen LogP contribution in [0.25, 0.3) is 0 Å². The fourth-order valence-electron chi connectivity index (χ4n) is 2.67. The molecule has 1 aliphatic rings. The third-order valence-electron chi connectivity index (χ3n) is 3.56. The first-order chi connectivity index (χ1) is 8.63. The van der Waals surface area contributed by atoms with Gasteiger partial charge in [0.2, 0.25) is 0 Å². The second-order valence-corrected chi connectivity index (χ2v) is 5.05. The van der Waals surface area contributed by atoms with Crippen LogP contribution in [-0.4, -0.2) is 20.1 Å². The van der Waals surface area contributed by atoms with Crippen LogP contribution < -0.4 is 0 Å². The van der Waals surface area contributed by atoms with Crippen LogP contribution in [0.5, 0.6) is 0 Å². The average Bonchev–Trinajstić information content (AvgIpc) is 2.84. The molecule has 4 nitrogen and oxygen atoms in total. The van der Waals surface area contributed by atoms with Crippen LogP contribution in [0.2, 0.25) is 0 Å². The van der Waals surface area contributed by atoms with Crippen molar-refractivity contribution in [2.24, 2.45) is 7.05 Å². The van der Waals surface area contributed by atoms with Crippen LogP contribution in [0.4, 0.5) is 0 Å². The summed E-state index contributed by atoms with van der Waals surface area (Å²) in [5.41, 5.74) is 4.30. The van der Waals surface area contributed by atoms with Gasteiger partial charge in [0.15, 0.2) is 5.78 Å². The van der Waals surface area contributed by atoms with Gasteiger partial charge >= 0.3 is 0 Å². The van der Waals surface area contributed by atoms with Crippen LogP contribution >= 0.6 is 0 Å². The number of aryl methyl sites for hydroxylation is 3. The zero-order chi connectivity index (χ0) is 12.7. The van der Waals surface area contributed by atoms with Gasteiger partial charge in [-0.15, -0.1) is 0 Å². The Labute approximate surface area is 106 Å². The molecule has 0 radical (unpaired) electrons. The maximum absolute atomic E-state index is 11.8. The highest BCUT2D eigenvalue weighted by molar-refractivity contribution is 5.98. The van der Waals surface area contributed by atoms with Gasteiger partial charge in [0.05, 0.1) is 17.9 Å². The minimum absolute atomic E-state index is 0.288. The van der Waals surface area contributed by atoms with Crippen LogP contribution in [0, 0.1) is 6.92 Å².